The summed E-state index contributed by atoms with van der Waals surface area (Å²) in [7, 11) is 0. The number of benzene rings is 3. The summed E-state index contributed by atoms with van der Waals surface area (Å²) in [5.41, 5.74) is 3.00. The van der Waals surface area contributed by atoms with E-state index in [1.165, 1.54) is 18.3 Å². The van der Waals surface area contributed by atoms with Gasteiger partial charge in [0.05, 0.1) is 18.2 Å². The Labute approximate surface area is 234 Å². The van der Waals surface area contributed by atoms with Crippen LogP contribution in [0.4, 0.5) is 21.8 Å². The van der Waals surface area contributed by atoms with Gasteiger partial charge in [0.25, 0.3) is 5.89 Å². The van der Waals surface area contributed by atoms with Gasteiger partial charge in [-0.15, -0.1) is 0 Å². The lowest BCUT2D eigenvalue weighted by Gasteiger charge is -2.20. The molecule has 10 nitrogen and oxygen atoms in total. The fourth-order valence-electron chi connectivity index (χ4n) is 4.61. The number of anilines is 3. The van der Waals surface area contributed by atoms with Crippen LogP contribution in [0.25, 0.3) is 22.8 Å². The van der Waals surface area contributed by atoms with Crippen LogP contribution < -0.4 is 10.6 Å². The van der Waals surface area contributed by atoms with Gasteiger partial charge in [0.15, 0.2) is 0 Å². The highest BCUT2D eigenvalue weighted by molar-refractivity contribution is 5.95. The van der Waals surface area contributed by atoms with Crippen LogP contribution in [0.1, 0.15) is 41.4 Å². The summed E-state index contributed by atoms with van der Waals surface area (Å²) in [6, 6.07) is 20.0. The number of cyclic esters (lactones) is 1. The predicted molar refractivity (Wildman–Crippen MR) is 149 cm³/mol. The highest BCUT2D eigenvalue weighted by atomic mass is 19.1. The van der Waals surface area contributed by atoms with Gasteiger partial charge in [-0.25, -0.2) is 14.2 Å². The molecule has 3 N–H and O–H groups in total. The van der Waals surface area contributed by atoms with Gasteiger partial charge in [-0.2, -0.15) is 9.97 Å². The van der Waals surface area contributed by atoms with E-state index in [4.69, 9.17) is 9.26 Å². The second-order valence-corrected chi connectivity index (χ2v) is 9.96. The molecule has 41 heavy (non-hydrogen) atoms. The number of aliphatic hydroxyl groups excluding tert-OH is 1. The molecule has 6 rings (SSSR count). The molecular formula is C30H25FN6O4. The summed E-state index contributed by atoms with van der Waals surface area (Å²) in [4.78, 5) is 25.8. The minimum Gasteiger partial charge on any atom is -0.451 e. The first kappa shape index (κ1) is 26.1. The average molecular weight is 553 g/mol. The number of carbonyl (C=O) groups excluding carboxylic acids is 1. The van der Waals surface area contributed by atoms with Gasteiger partial charge in [-0.1, -0.05) is 35.5 Å². The molecule has 0 saturated carbocycles. The van der Waals surface area contributed by atoms with E-state index in [0.29, 0.717) is 28.2 Å². The van der Waals surface area contributed by atoms with E-state index >= 15 is 0 Å². The molecule has 206 valence electrons. The molecule has 0 radical (unpaired) electrons. The van der Waals surface area contributed by atoms with Crippen molar-refractivity contribution in [1.82, 2.24) is 20.1 Å². The lowest BCUT2D eigenvalue weighted by atomic mass is 9.95. The second-order valence-electron chi connectivity index (χ2n) is 9.96. The van der Waals surface area contributed by atoms with E-state index in [1.807, 2.05) is 50.2 Å². The largest absolute Gasteiger partial charge is 0.451 e. The maximum absolute atomic E-state index is 13.4. The van der Waals surface area contributed by atoms with Crippen molar-refractivity contribution >= 4 is 23.4 Å². The molecule has 0 aliphatic carbocycles. The Morgan fingerprint density at radius 3 is 2.54 bits per heavy atom. The van der Waals surface area contributed by atoms with Crippen LogP contribution in [0.2, 0.25) is 0 Å². The van der Waals surface area contributed by atoms with E-state index in [-0.39, 0.29) is 36.1 Å². The Hall–Kier alpha value is -5.16. The molecule has 0 bridgehead atoms. The summed E-state index contributed by atoms with van der Waals surface area (Å²) >= 11 is 0. The number of aliphatic hydroxyl groups is 1. The zero-order valence-corrected chi connectivity index (χ0v) is 22.1. The van der Waals surface area contributed by atoms with E-state index in [2.05, 4.69) is 30.7 Å². The second kappa shape index (κ2) is 10.4. The van der Waals surface area contributed by atoms with Crippen molar-refractivity contribution < 1.29 is 23.6 Å². The van der Waals surface area contributed by atoms with Crippen LogP contribution in [0.3, 0.4) is 0 Å². The van der Waals surface area contributed by atoms with Crippen molar-refractivity contribution in [3.63, 3.8) is 0 Å². The smallest absolute Gasteiger partial charge is 0.339 e. The number of ether oxygens (including phenoxy) is 1. The number of hydrogen-bond donors (Lipinski definition) is 3. The van der Waals surface area contributed by atoms with Crippen LogP contribution >= 0.6 is 0 Å². The van der Waals surface area contributed by atoms with Crippen molar-refractivity contribution in [2.45, 2.75) is 25.5 Å². The van der Waals surface area contributed by atoms with Crippen LogP contribution in [0.5, 0.6) is 0 Å². The maximum atomic E-state index is 13.4. The van der Waals surface area contributed by atoms with Crippen molar-refractivity contribution in [2.24, 2.45) is 0 Å². The van der Waals surface area contributed by atoms with Crippen LogP contribution in [-0.2, 0) is 10.3 Å². The van der Waals surface area contributed by atoms with Gasteiger partial charge >= 0.3 is 5.97 Å². The Bertz CT molecular complexity index is 1720. The third-order valence-corrected chi connectivity index (χ3v) is 6.74. The van der Waals surface area contributed by atoms with Gasteiger partial charge in [0.2, 0.25) is 11.8 Å². The maximum Gasteiger partial charge on any atom is 0.339 e. The molecule has 0 unspecified atom stereocenters. The van der Waals surface area contributed by atoms with Gasteiger partial charge in [0, 0.05) is 23.0 Å². The molecule has 0 amide bonds. The number of hydrogen-bond acceptors (Lipinski definition) is 10. The topological polar surface area (TPSA) is 135 Å². The molecule has 0 fully saturated rings. The molecule has 0 saturated heterocycles. The van der Waals surface area contributed by atoms with Crippen LogP contribution in [-0.4, -0.2) is 37.8 Å². The molecule has 0 spiro atoms. The quantitative estimate of drug-likeness (QED) is 0.208. The minimum absolute atomic E-state index is 0.137. The van der Waals surface area contributed by atoms with E-state index in [1.54, 1.807) is 24.3 Å². The summed E-state index contributed by atoms with van der Waals surface area (Å²) in [6.07, 6.45) is 1.53. The van der Waals surface area contributed by atoms with E-state index < -0.39 is 11.6 Å². The number of fused-ring (bicyclic) bond motifs is 1. The highest BCUT2D eigenvalue weighted by Gasteiger charge is 2.37. The molecule has 11 heteroatoms. The van der Waals surface area contributed by atoms with Gasteiger partial charge in [-0.3, -0.25) is 0 Å². The molecular weight excluding hydrogens is 527 g/mol. The normalized spacial score (nSPS) is 14.3. The molecule has 3 heterocycles. The highest BCUT2D eigenvalue weighted by Crippen LogP contribution is 2.38. The third kappa shape index (κ3) is 5.22. The Morgan fingerprint density at radius 1 is 1.00 bits per heavy atom. The molecule has 3 aromatic carbocycles. The van der Waals surface area contributed by atoms with Crippen LogP contribution in [0.15, 0.2) is 83.5 Å². The standard InChI is InChI=1S/C30H25FN6O4/c1-30(2)23-14-20(12-13-21(23)28(39)40-30)33-29-32-15-22(26(36-29)34-24(16-38)17-6-4-3-5-7-17)27-35-25(37-41-27)18-8-10-19(31)11-9-18/h3-15,24,38H,16H2,1-2H3,(H2,32,33,34,36)/t24-/m1/s1. The number of carbonyl (C=O) groups is 1. The lowest BCUT2D eigenvalue weighted by Crippen LogP contribution is -2.17. The Balaban J connectivity index is 1.36. The fraction of sp³-hybridized carbons (Fsp3) is 0.167. The first-order chi connectivity index (χ1) is 19.8. The summed E-state index contributed by atoms with van der Waals surface area (Å²) in [5.74, 6) is 0.258. The Kier molecular flexibility index (Phi) is 6.64. The van der Waals surface area contributed by atoms with Crippen molar-refractivity contribution in [2.75, 3.05) is 17.2 Å². The van der Waals surface area contributed by atoms with Crippen molar-refractivity contribution in [3.05, 3.63) is 102 Å². The van der Waals surface area contributed by atoms with Crippen molar-refractivity contribution in [1.29, 1.82) is 0 Å². The number of aromatic nitrogens is 4. The average Bonchev–Trinajstić information content (AvgIpc) is 3.55. The predicted octanol–water partition coefficient (Wildman–Crippen LogP) is 5.63. The Morgan fingerprint density at radius 2 is 1.78 bits per heavy atom. The third-order valence-electron chi connectivity index (χ3n) is 6.74. The zero-order valence-electron chi connectivity index (χ0n) is 22.1. The number of halogens is 1. The SMILES string of the molecule is CC1(C)OC(=O)c2ccc(Nc3ncc(-c4nc(-c5ccc(F)cc5)no4)c(N[C@H](CO)c4ccccc4)n3)cc21. The summed E-state index contributed by atoms with van der Waals surface area (Å²) in [5, 5.41) is 20.7. The van der Waals surface area contributed by atoms with E-state index in [9.17, 15) is 14.3 Å². The number of nitrogens with one attached hydrogen (secondary N) is 2. The van der Waals surface area contributed by atoms with Crippen molar-refractivity contribution in [3.8, 4) is 22.8 Å². The summed E-state index contributed by atoms with van der Waals surface area (Å²) < 4.78 is 24.4. The lowest BCUT2D eigenvalue weighted by molar-refractivity contribution is 0.00954. The molecule has 1 atom stereocenters. The van der Waals surface area contributed by atoms with Gasteiger partial charge < -0.3 is 25.0 Å². The minimum atomic E-state index is -0.758. The molecule has 1 aliphatic heterocycles. The van der Waals surface area contributed by atoms with Gasteiger partial charge in [0.1, 0.15) is 22.8 Å². The monoisotopic (exact) mass is 552 g/mol. The number of nitrogens with zero attached hydrogens (tertiary/aromatic N) is 4. The number of esters is 1. The first-order valence-corrected chi connectivity index (χ1v) is 12.8. The summed E-state index contributed by atoms with van der Waals surface area (Å²) in [6.45, 7) is 3.45. The number of rotatable bonds is 8. The fourth-order valence-corrected chi connectivity index (χ4v) is 4.61. The van der Waals surface area contributed by atoms with Gasteiger partial charge in [-0.05, 0) is 61.9 Å². The first-order valence-electron chi connectivity index (χ1n) is 12.8. The molecule has 1 aliphatic rings. The van der Waals surface area contributed by atoms with E-state index in [0.717, 1.165) is 11.1 Å². The zero-order chi connectivity index (χ0) is 28.6. The molecule has 2 aromatic heterocycles. The molecule has 5 aromatic rings. The van der Waals surface area contributed by atoms with Crippen LogP contribution in [0, 0.1) is 5.82 Å².